The minimum Gasteiger partial charge on any atom is -0.350 e. The van der Waals surface area contributed by atoms with Crippen LogP contribution in [0.2, 0.25) is 5.02 Å². The summed E-state index contributed by atoms with van der Waals surface area (Å²) >= 11 is 5.70. The van der Waals surface area contributed by atoms with Crippen molar-refractivity contribution in [1.82, 2.24) is 24.5 Å². The lowest BCUT2D eigenvalue weighted by Gasteiger charge is -2.22. The molecule has 12 heteroatoms. The molecule has 4 heterocycles. The summed E-state index contributed by atoms with van der Waals surface area (Å²) in [4.78, 5) is 17.5. The van der Waals surface area contributed by atoms with Crippen LogP contribution in [0, 0.1) is 18.8 Å². The number of aromatic nitrogens is 4. The molecule has 0 bridgehead atoms. The van der Waals surface area contributed by atoms with Gasteiger partial charge in [0, 0.05) is 29.2 Å². The molecule has 1 fully saturated rings. The summed E-state index contributed by atoms with van der Waals surface area (Å²) in [5, 5.41) is 13.4. The molecule has 6 rings (SSSR count). The first-order valence-electron chi connectivity index (χ1n) is 13.9. The van der Waals surface area contributed by atoms with E-state index in [0.29, 0.717) is 22.9 Å². The number of halogens is 4. The Kier molecular flexibility index (Phi) is 8.03. The zero-order valence-electron chi connectivity index (χ0n) is 23.5. The number of hydrogen-bond acceptors (Lipinski definition) is 5. The highest BCUT2D eigenvalue weighted by molar-refractivity contribution is 6.31. The highest BCUT2D eigenvalue weighted by atomic mass is 35.5. The van der Waals surface area contributed by atoms with Crippen LogP contribution < -0.4 is 16.0 Å². The van der Waals surface area contributed by atoms with Crippen molar-refractivity contribution in [3.63, 3.8) is 0 Å². The van der Waals surface area contributed by atoms with Gasteiger partial charge in [-0.05, 0) is 86.8 Å². The first kappa shape index (κ1) is 29.3. The number of carbonyl (C=O) groups is 1. The molecule has 1 saturated heterocycles. The molecule has 2 aromatic carbocycles. The average Bonchev–Trinajstić information content (AvgIpc) is 3.65. The quantitative estimate of drug-likeness (QED) is 0.188. The van der Waals surface area contributed by atoms with Crippen LogP contribution in [0.4, 0.5) is 30.2 Å². The Labute approximate surface area is 256 Å². The summed E-state index contributed by atoms with van der Waals surface area (Å²) in [5.41, 5.74) is 3.64. The summed E-state index contributed by atoms with van der Waals surface area (Å²) in [6, 6.07) is 12.4. The van der Waals surface area contributed by atoms with E-state index in [0.717, 1.165) is 55.0 Å². The number of hydrogen-bond donors (Lipinski definition) is 3. The average molecular weight is 618 g/mol. The number of nitrogens with zero attached hydrogens (tertiary/aromatic N) is 4. The lowest BCUT2D eigenvalue weighted by atomic mass is 10.0. The molecule has 1 aliphatic heterocycles. The second kappa shape index (κ2) is 12.1. The van der Waals surface area contributed by atoms with Crippen LogP contribution in [0.3, 0.4) is 0 Å². The number of aryl methyl sites for hydroxylation is 1. The third kappa shape index (κ3) is 6.27. The molecule has 0 radical (unpaired) electrons. The molecule has 0 aliphatic carbocycles. The van der Waals surface area contributed by atoms with E-state index in [1.54, 1.807) is 24.4 Å². The van der Waals surface area contributed by atoms with Gasteiger partial charge in [-0.3, -0.25) is 13.9 Å². The number of rotatable bonds is 5. The second-order valence-electron chi connectivity index (χ2n) is 10.5. The third-order valence-electron chi connectivity index (χ3n) is 7.45. The van der Waals surface area contributed by atoms with E-state index in [9.17, 15) is 18.0 Å². The number of fused-ring (bicyclic) bond motifs is 1. The highest BCUT2D eigenvalue weighted by Crippen LogP contribution is 2.36. The number of pyridine rings is 1. The molecule has 3 aromatic heterocycles. The Hall–Kier alpha value is -4.79. The van der Waals surface area contributed by atoms with Crippen LogP contribution in [0.15, 0.2) is 73.3 Å². The van der Waals surface area contributed by atoms with E-state index in [1.807, 2.05) is 46.7 Å². The number of alkyl halides is 3. The number of benzene rings is 2. The number of nitrogens with one attached hydrogen (secondary N) is 3. The van der Waals surface area contributed by atoms with Gasteiger partial charge >= 0.3 is 6.18 Å². The van der Waals surface area contributed by atoms with Crippen molar-refractivity contribution in [3.8, 4) is 11.8 Å². The zero-order chi connectivity index (χ0) is 30.8. The molecule has 5 aromatic rings. The SMILES string of the molecule is Cc1ccc(C(=O)Nc2ccc(Cl)c(C(F)(F)F)c2)cc1C#Cc1cnc2c(Nc3cnn(C4CCNCC4)c3)cccn12. The van der Waals surface area contributed by atoms with Gasteiger partial charge in [0.15, 0.2) is 5.65 Å². The van der Waals surface area contributed by atoms with Gasteiger partial charge in [-0.25, -0.2) is 4.98 Å². The molecule has 1 aliphatic rings. The first-order valence-corrected chi connectivity index (χ1v) is 14.3. The standard InChI is InChI=1S/C32H27ClF3N7O/c1-20-4-5-22(31(44)41-23-7-9-28(33)27(16-23)32(34,35)36)15-21(20)6-8-26-18-38-30-29(3-2-14-42(26)30)40-24-17-39-43(19-24)25-10-12-37-13-11-25/h2-5,7,9,14-19,25,37,40H,10-13H2,1H3,(H,41,44). The largest absolute Gasteiger partial charge is 0.417 e. The van der Waals surface area contributed by atoms with Crippen LogP contribution in [0.1, 0.15) is 51.6 Å². The fourth-order valence-corrected chi connectivity index (χ4v) is 5.31. The van der Waals surface area contributed by atoms with Gasteiger partial charge in [-0.15, -0.1) is 0 Å². The summed E-state index contributed by atoms with van der Waals surface area (Å²) < 4.78 is 43.6. The zero-order valence-corrected chi connectivity index (χ0v) is 24.3. The first-order chi connectivity index (χ1) is 21.2. The van der Waals surface area contributed by atoms with Crippen molar-refractivity contribution >= 4 is 40.2 Å². The molecule has 44 heavy (non-hydrogen) atoms. The van der Waals surface area contributed by atoms with Gasteiger partial charge in [-0.2, -0.15) is 18.3 Å². The Morgan fingerprint density at radius 1 is 1.07 bits per heavy atom. The lowest BCUT2D eigenvalue weighted by molar-refractivity contribution is -0.137. The maximum Gasteiger partial charge on any atom is 0.417 e. The number of piperidine rings is 1. The summed E-state index contributed by atoms with van der Waals surface area (Å²) in [6.45, 7) is 3.83. The van der Waals surface area contributed by atoms with Gasteiger partial charge in [0.25, 0.3) is 5.91 Å². The van der Waals surface area contributed by atoms with E-state index in [4.69, 9.17) is 11.6 Å². The fraction of sp³-hybridized carbons (Fsp3) is 0.219. The molecule has 0 saturated carbocycles. The molecule has 0 atom stereocenters. The van der Waals surface area contributed by atoms with Crippen molar-refractivity contribution in [2.75, 3.05) is 23.7 Å². The summed E-state index contributed by atoms with van der Waals surface area (Å²) in [6.07, 6.45) is 4.80. The Bertz CT molecular complexity index is 1910. The summed E-state index contributed by atoms with van der Waals surface area (Å²) in [7, 11) is 0. The lowest BCUT2D eigenvalue weighted by Crippen LogP contribution is -2.29. The maximum absolute atomic E-state index is 13.2. The topological polar surface area (TPSA) is 88.3 Å². The number of anilines is 3. The van der Waals surface area contributed by atoms with Gasteiger partial charge in [0.1, 0.15) is 5.69 Å². The van der Waals surface area contributed by atoms with Crippen molar-refractivity contribution in [2.24, 2.45) is 0 Å². The van der Waals surface area contributed by atoms with Crippen molar-refractivity contribution in [1.29, 1.82) is 0 Å². The van der Waals surface area contributed by atoms with Crippen LogP contribution in [0.5, 0.6) is 0 Å². The highest BCUT2D eigenvalue weighted by Gasteiger charge is 2.33. The van der Waals surface area contributed by atoms with Gasteiger partial charge in [-0.1, -0.05) is 23.6 Å². The van der Waals surface area contributed by atoms with Crippen LogP contribution >= 0.6 is 11.6 Å². The molecular formula is C32H27ClF3N7O. The van der Waals surface area contributed by atoms with Crippen LogP contribution in [0.25, 0.3) is 5.65 Å². The van der Waals surface area contributed by atoms with Crippen molar-refractivity contribution in [3.05, 3.63) is 106 Å². The summed E-state index contributed by atoms with van der Waals surface area (Å²) in [5.74, 6) is 5.68. The number of carbonyl (C=O) groups excluding carboxylic acids is 1. The van der Waals surface area contributed by atoms with Crippen molar-refractivity contribution in [2.45, 2.75) is 32.0 Å². The molecule has 0 spiro atoms. The Morgan fingerprint density at radius 2 is 1.89 bits per heavy atom. The third-order valence-corrected chi connectivity index (χ3v) is 7.78. The van der Waals surface area contributed by atoms with E-state index in [-0.39, 0.29) is 11.3 Å². The molecule has 8 nitrogen and oxygen atoms in total. The molecule has 3 N–H and O–H groups in total. The van der Waals surface area contributed by atoms with Gasteiger partial charge < -0.3 is 16.0 Å². The fourth-order valence-electron chi connectivity index (χ4n) is 5.08. The molecule has 224 valence electrons. The molecule has 1 amide bonds. The predicted molar refractivity (Wildman–Crippen MR) is 163 cm³/mol. The Balaban J connectivity index is 1.21. The van der Waals surface area contributed by atoms with Gasteiger partial charge in [0.05, 0.1) is 40.4 Å². The maximum atomic E-state index is 13.2. The predicted octanol–water partition coefficient (Wildman–Crippen LogP) is 6.83. The van der Waals surface area contributed by atoms with Gasteiger partial charge in [0.2, 0.25) is 0 Å². The van der Waals surface area contributed by atoms with E-state index >= 15 is 0 Å². The van der Waals surface area contributed by atoms with E-state index in [2.05, 4.69) is 37.9 Å². The molecule has 0 unspecified atom stereocenters. The van der Waals surface area contributed by atoms with Crippen molar-refractivity contribution < 1.29 is 18.0 Å². The van der Waals surface area contributed by atoms with Crippen LogP contribution in [-0.4, -0.2) is 38.2 Å². The Morgan fingerprint density at radius 3 is 2.68 bits per heavy atom. The number of amides is 1. The van der Waals surface area contributed by atoms with Crippen LogP contribution in [-0.2, 0) is 6.18 Å². The monoisotopic (exact) mass is 617 g/mol. The second-order valence-corrected chi connectivity index (χ2v) is 10.9. The minimum atomic E-state index is -4.64. The molecular weight excluding hydrogens is 591 g/mol. The van der Waals surface area contributed by atoms with E-state index < -0.39 is 22.7 Å². The smallest absolute Gasteiger partial charge is 0.350 e. The normalized spacial score (nSPS) is 13.8. The minimum absolute atomic E-state index is 0.0197. The number of imidazole rings is 1. The van der Waals surface area contributed by atoms with E-state index in [1.165, 1.54) is 6.07 Å².